The number of methoxy groups -OCH3 is 1. The second-order valence-corrected chi connectivity index (χ2v) is 8.54. The standard InChI is InChI=1S/C24H29NO4/c1-15-8-10-20-22(28-15)19-13-17(9-11-21(19)29-24(20,2)3)23(26)25-14-16-6-5-7-18(12-16)27-4/h5-7,9,11-13,15,20,22H,8,10,14H2,1-4H3,(H,25,26)/t15-,20-,22+/m1/s1. The summed E-state index contributed by atoms with van der Waals surface area (Å²) in [5.74, 6) is 1.76. The number of fused-ring (bicyclic) bond motifs is 3. The summed E-state index contributed by atoms with van der Waals surface area (Å²) in [6.45, 7) is 6.81. The van der Waals surface area contributed by atoms with Crippen LogP contribution >= 0.6 is 0 Å². The molecule has 1 N–H and O–H groups in total. The van der Waals surface area contributed by atoms with E-state index in [4.69, 9.17) is 14.2 Å². The first-order valence-electron chi connectivity index (χ1n) is 10.3. The first-order valence-corrected chi connectivity index (χ1v) is 10.3. The molecule has 154 valence electrons. The summed E-state index contributed by atoms with van der Waals surface area (Å²) in [4.78, 5) is 12.8. The molecule has 4 rings (SSSR count). The average molecular weight is 395 g/mol. The van der Waals surface area contributed by atoms with Gasteiger partial charge in [-0.3, -0.25) is 4.79 Å². The van der Waals surface area contributed by atoms with Gasteiger partial charge in [-0.2, -0.15) is 0 Å². The molecule has 1 amide bonds. The number of carbonyl (C=O) groups is 1. The molecule has 0 aromatic heterocycles. The van der Waals surface area contributed by atoms with Crippen LogP contribution in [0.2, 0.25) is 0 Å². The lowest BCUT2D eigenvalue weighted by Crippen LogP contribution is -2.48. The fourth-order valence-corrected chi connectivity index (χ4v) is 4.41. The molecule has 3 atom stereocenters. The Morgan fingerprint density at radius 1 is 1.21 bits per heavy atom. The van der Waals surface area contributed by atoms with Gasteiger partial charge in [0.2, 0.25) is 0 Å². The summed E-state index contributed by atoms with van der Waals surface area (Å²) >= 11 is 0. The van der Waals surface area contributed by atoms with Crippen molar-refractivity contribution < 1.29 is 19.0 Å². The van der Waals surface area contributed by atoms with Crippen LogP contribution in [0.25, 0.3) is 0 Å². The van der Waals surface area contributed by atoms with Gasteiger partial charge >= 0.3 is 0 Å². The summed E-state index contributed by atoms with van der Waals surface area (Å²) in [6, 6.07) is 13.3. The maximum absolute atomic E-state index is 12.8. The van der Waals surface area contributed by atoms with Crippen LogP contribution in [0.5, 0.6) is 11.5 Å². The third kappa shape index (κ3) is 3.97. The lowest BCUT2D eigenvalue weighted by atomic mass is 9.75. The fraction of sp³-hybridized carbons (Fsp3) is 0.458. The molecule has 5 heteroatoms. The summed E-state index contributed by atoms with van der Waals surface area (Å²) in [5.41, 5.74) is 2.31. The molecule has 1 fully saturated rings. The van der Waals surface area contributed by atoms with E-state index < -0.39 is 0 Å². The van der Waals surface area contributed by atoms with Gasteiger partial charge in [-0.05, 0) is 69.5 Å². The summed E-state index contributed by atoms with van der Waals surface area (Å²) in [6.07, 6.45) is 2.27. The number of benzene rings is 2. The molecule has 29 heavy (non-hydrogen) atoms. The Bertz CT molecular complexity index is 908. The highest BCUT2D eigenvalue weighted by Gasteiger charge is 2.47. The van der Waals surface area contributed by atoms with E-state index >= 15 is 0 Å². The van der Waals surface area contributed by atoms with E-state index in [1.165, 1.54) is 0 Å². The van der Waals surface area contributed by atoms with E-state index in [-0.39, 0.29) is 29.6 Å². The number of amides is 1. The summed E-state index contributed by atoms with van der Waals surface area (Å²) < 4.78 is 17.8. The number of hydrogen-bond donors (Lipinski definition) is 1. The molecule has 2 aromatic rings. The lowest BCUT2D eigenvalue weighted by Gasteiger charge is -2.48. The Kier molecular flexibility index (Phi) is 5.26. The van der Waals surface area contributed by atoms with E-state index in [2.05, 4.69) is 26.1 Å². The molecule has 0 spiro atoms. The zero-order valence-corrected chi connectivity index (χ0v) is 17.5. The van der Waals surface area contributed by atoms with Crippen molar-refractivity contribution in [1.29, 1.82) is 0 Å². The van der Waals surface area contributed by atoms with Crippen molar-refractivity contribution in [3.05, 3.63) is 59.2 Å². The molecule has 0 unspecified atom stereocenters. The molecular formula is C24H29NO4. The minimum Gasteiger partial charge on any atom is -0.497 e. The second kappa shape index (κ2) is 7.71. The van der Waals surface area contributed by atoms with Crippen LogP contribution in [0.3, 0.4) is 0 Å². The predicted molar refractivity (Wildman–Crippen MR) is 111 cm³/mol. The fourth-order valence-electron chi connectivity index (χ4n) is 4.41. The molecule has 2 aliphatic heterocycles. The van der Waals surface area contributed by atoms with Crippen molar-refractivity contribution in [2.75, 3.05) is 7.11 Å². The highest BCUT2D eigenvalue weighted by Crippen LogP contribution is 2.50. The minimum atomic E-state index is -0.284. The van der Waals surface area contributed by atoms with Gasteiger partial charge in [0, 0.05) is 23.6 Å². The van der Waals surface area contributed by atoms with Crippen LogP contribution in [0.4, 0.5) is 0 Å². The largest absolute Gasteiger partial charge is 0.497 e. The van der Waals surface area contributed by atoms with Gasteiger partial charge in [-0.25, -0.2) is 0 Å². The molecular weight excluding hydrogens is 366 g/mol. The third-order valence-electron chi connectivity index (χ3n) is 6.06. The van der Waals surface area contributed by atoms with Gasteiger partial charge in [0.25, 0.3) is 5.91 Å². The molecule has 2 aliphatic rings. The highest BCUT2D eigenvalue weighted by molar-refractivity contribution is 5.94. The van der Waals surface area contributed by atoms with Crippen molar-refractivity contribution in [2.24, 2.45) is 5.92 Å². The van der Waals surface area contributed by atoms with Gasteiger partial charge in [-0.1, -0.05) is 12.1 Å². The summed E-state index contributed by atoms with van der Waals surface area (Å²) in [7, 11) is 1.63. The normalized spacial score (nSPS) is 24.6. The Balaban J connectivity index is 1.54. The minimum absolute atomic E-state index is 0.0383. The number of rotatable bonds is 4. The van der Waals surface area contributed by atoms with Gasteiger partial charge in [0.15, 0.2) is 0 Å². The van der Waals surface area contributed by atoms with Crippen molar-refractivity contribution in [3.8, 4) is 11.5 Å². The van der Waals surface area contributed by atoms with Crippen LogP contribution in [0, 0.1) is 5.92 Å². The molecule has 0 aliphatic carbocycles. The van der Waals surface area contributed by atoms with Crippen LogP contribution in [0.15, 0.2) is 42.5 Å². The molecule has 1 saturated heterocycles. The van der Waals surface area contributed by atoms with Gasteiger partial charge in [0.05, 0.1) is 19.3 Å². The number of hydrogen-bond acceptors (Lipinski definition) is 4. The zero-order valence-electron chi connectivity index (χ0n) is 17.5. The SMILES string of the molecule is COc1cccc(CNC(=O)c2ccc3c(c2)[C@@H]2O[C@H](C)CC[C@H]2C(C)(C)O3)c1. The van der Waals surface area contributed by atoms with Gasteiger partial charge < -0.3 is 19.5 Å². The topological polar surface area (TPSA) is 56.8 Å². The zero-order chi connectivity index (χ0) is 20.6. The van der Waals surface area contributed by atoms with Crippen molar-refractivity contribution in [3.63, 3.8) is 0 Å². The molecule has 2 heterocycles. The quantitative estimate of drug-likeness (QED) is 0.819. The Hall–Kier alpha value is -2.53. The lowest BCUT2D eigenvalue weighted by molar-refractivity contribution is -0.144. The van der Waals surface area contributed by atoms with Gasteiger partial charge in [-0.15, -0.1) is 0 Å². The average Bonchev–Trinajstić information content (AvgIpc) is 2.71. The van der Waals surface area contributed by atoms with Crippen LogP contribution in [-0.4, -0.2) is 24.7 Å². The van der Waals surface area contributed by atoms with Crippen molar-refractivity contribution in [2.45, 2.75) is 58.0 Å². The van der Waals surface area contributed by atoms with Crippen molar-refractivity contribution in [1.82, 2.24) is 5.32 Å². The maximum atomic E-state index is 12.8. The molecule has 0 saturated carbocycles. The molecule has 2 aromatic carbocycles. The second-order valence-electron chi connectivity index (χ2n) is 8.54. The van der Waals surface area contributed by atoms with Gasteiger partial charge in [0.1, 0.15) is 17.1 Å². The van der Waals surface area contributed by atoms with E-state index in [9.17, 15) is 4.79 Å². The third-order valence-corrected chi connectivity index (χ3v) is 6.06. The Morgan fingerprint density at radius 3 is 2.83 bits per heavy atom. The van der Waals surface area contributed by atoms with Crippen LogP contribution < -0.4 is 14.8 Å². The molecule has 0 radical (unpaired) electrons. The van der Waals surface area contributed by atoms with E-state index in [0.717, 1.165) is 35.5 Å². The monoisotopic (exact) mass is 395 g/mol. The Morgan fingerprint density at radius 2 is 2.03 bits per heavy atom. The van der Waals surface area contributed by atoms with Crippen LogP contribution in [-0.2, 0) is 11.3 Å². The number of ether oxygens (including phenoxy) is 3. The van der Waals surface area contributed by atoms with Crippen molar-refractivity contribution >= 4 is 5.91 Å². The molecule has 0 bridgehead atoms. The predicted octanol–water partition coefficient (Wildman–Crippen LogP) is 4.65. The summed E-state index contributed by atoms with van der Waals surface area (Å²) in [5, 5.41) is 2.99. The first kappa shape index (κ1) is 19.8. The number of carbonyl (C=O) groups excluding carboxylic acids is 1. The Labute approximate surface area is 172 Å². The first-order chi connectivity index (χ1) is 13.9. The van der Waals surface area contributed by atoms with E-state index in [0.29, 0.717) is 12.1 Å². The van der Waals surface area contributed by atoms with Crippen LogP contribution in [0.1, 0.15) is 61.2 Å². The van der Waals surface area contributed by atoms with E-state index in [1.807, 2.05) is 42.5 Å². The van der Waals surface area contributed by atoms with E-state index in [1.54, 1.807) is 7.11 Å². The highest BCUT2D eigenvalue weighted by atomic mass is 16.5. The number of nitrogens with one attached hydrogen (secondary N) is 1. The maximum Gasteiger partial charge on any atom is 0.251 e. The smallest absolute Gasteiger partial charge is 0.251 e. The molecule has 5 nitrogen and oxygen atoms in total.